The van der Waals surface area contributed by atoms with Crippen LogP contribution in [0.25, 0.3) is 22.0 Å². The van der Waals surface area contributed by atoms with E-state index in [1.807, 2.05) is 20.8 Å². The number of aryl methyl sites for hydroxylation is 1. The van der Waals surface area contributed by atoms with Crippen molar-refractivity contribution in [3.8, 4) is 11.1 Å². The fraction of sp³-hybridized carbons (Fsp3) is 0.400. The van der Waals surface area contributed by atoms with Crippen LogP contribution in [0.3, 0.4) is 0 Å². The molecule has 142 valence electrons. The predicted octanol–water partition coefficient (Wildman–Crippen LogP) is 4.99. The molecule has 0 aliphatic heterocycles. The molecule has 0 amide bonds. The highest BCUT2D eigenvalue weighted by atomic mass is 19.3. The molecule has 0 fully saturated rings. The van der Waals surface area contributed by atoms with E-state index in [1.54, 1.807) is 25.4 Å². The predicted molar refractivity (Wildman–Crippen MR) is 99.9 cm³/mol. The molecule has 1 aromatic carbocycles. The number of Topliss-reactive ketones (excluding diaryl/α,β-unsaturated/α-hetero) is 1. The second-order valence-electron chi connectivity index (χ2n) is 7.90. The molecule has 0 atom stereocenters. The number of rotatable bonds is 4. The van der Waals surface area contributed by atoms with Crippen molar-refractivity contribution in [2.45, 2.75) is 47.6 Å². The summed E-state index contributed by atoms with van der Waals surface area (Å²) < 4.78 is 29.4. The van der Waals surface area contributed by atoms with Gasteiger partial charge in [0, 0.05) is 42.4 Å². The Morgan fingerprint density at radius 2 is 1.78 bits per heavy atom. The number of carbonyl (C=O) groups is 1. The Kier molecular flexibility index (Phi) is 4.80. The number of aromatic nitrogens is 4. The van der Waals surface area contributed by atoms with E-state index in [0.717, 1.165) is 0 Å². The van der Waals surface area contributed by atoms with Crippen LogP contribution >= 0.6 is 0 Å². The first-order valence-electron chi connectivity index (χ1n) is 8.69. The number of fused-ring (bicyclic) bond motifs is 1. The van der Waals surface area contributed by atoms with Gasteiger partial charge in [0.25, 0.3) is 6.43 Å². The quantitative estimate of drug-likeness (QED) is 0.606. The van der Waals surface area contributed by atoms with E-state index in [4.69, 9.17) is 0 Å². The molecule has 5 nitrogen and oxygen atoms in total. The number of hydrogen-bond acceptors (Lipinski definition) is 4. The van der Waals surface area contributed by atoms with Gasteiger partial charge in [-0.05, 0) is 30.0 Å². The Bertz CT molecular complexity index is 1000. The summed E-state index contributed by atoms with van der Waals surface area (Å²) in [4.78, 5) is 20.4. The maximum Gasteiger partial charge on any atom is 0.265 e. The highest BCUT2D eigenvalue weighted by molar-refractivity contribution is 6.06. The number of ketones is 1. The van der Waals surface area contributed by atoms with Gasteiger partial charge in [-0.3, -0.25) is 9.48 Å². The van der Waals surface area contributed by atoms with Crippen LogP contribution in [0, 0.1) is 12.3 Å². The zero-order chi connectivity index (χ0) is 19.9. The molecule has 3 rings (SSSR count). The summed E-state index contributed by atoms with van der Waals surface area (Å²) in [5.41, 5.74) is 1.33. The van der Waals surface area contributed by atoms with E-state index >= 15 is 0 Å². The number of benzene rings is 1. The molecular formula is C20H22F2N4O. The van der Waals surface area contributed by atoms with Crippen LogP contribution in [0.15, 0.2) is 24.5 Å². The smallest absolute Gasteiger partial charge is 0.265 e. The van der Waals surface area contributed by atoms with Crippen molar-refractivity contribution in [2.75, 3.05) is 0 Å². The van der Waals surface area contributed by atoms with Gasteiger partial charge in [-0.15, -0.1) is 0 Å². The van der Waals surface area contributed by atoms with Crippen LogP contribution in [0.2, 0.25) is 0 Å². The lowest BCUT2D eigenvalue weighted by Crippen LogP contribution is -2.17. The van der Waals surface area contributed by atoms with Crippen LogP contribution in [0.5, 0.6) is 0 Å². The second kappa shape index (κ2) is 6.79. The molecule has 2 heterocycles. The minimum atomic E-state index is -2.70. The van der Waals surface area contributed by atoms with E-state index in [0.29, 0.717) is 34.4 Å². The number of nitrogens with zero attached hydrogens (tertiary/aromatic N) is 4. The molecule has 3 aromatic rings. The maximum absolute atomic E-state index is 13.9. The Morgan fingerprint density at radius 1 is 1.15 bits per heavy atom. The van der Waals surface area contributed by atoms with Gasteiger partial charge in [-0.25, -0.2) is 18.7 Å². The van der Waals surface area contributed by atoms with Crippen LogP contribution in [0.1, 0.15) is 56.0 Å². The summed E-state index contributed by atoms with van der Waals surface area (Å²) in [5, 5.41) is 4.80. The van der Waals surface area contributed by atoms with Gasteiger partial charge in [0.15, 0.2) is 5.78 Å². The van der Waals surface area contributed by atoms with Crippen LogP contribution < -0.4 is 0 Å². The summed E-state index contributed by atoms with van der Waals surface area (Å²) in [5.74, 6) is 0.335. The number of hydrogen-bond donors (Lipinski definition) is 0. The SMILES string of the molecule is CC(=O)c1nn(CC(C)(C)C)c2c(C(F)F)cc(-c3cnc(C)nc3)cc12. The summed E-state index contributed by atoms with van der Waals surface area (Å²) in [6.45, 7) is 9.55. The fourth-order valence-electron chi connectivity index (χ4n) is 3.05. The first kappa shape index (κ1) is 19.1. The molecular weight excluding hydrogens is 350 g/mol. The van der Waals surface area contributed by atoms with Crippen LogP contribution in [-0.2, 0) is 6.54 Å². The van der Waals surface area contributed by atoms with E-state index in [9.17, 15) is 13.6 Å². The average molecular weight is 372 g/mol. The minimum Gasteiger partial charge on any atom is -0.293 e. The van der Waals surface area contributed by atoms with E-state index in [2.05, 4.69) is 15.1 Å². The lowest BCUT2D eigenvalue weighted by Gasteiger charge is -2.19. The largest absolute Gasteiger partial charge is 0.293 e. The zero-order valence-electron chi connectivity index (χ0n) is 16.0. The normalized spacial score (nSPS) is 12.1. The van der Waals surface area contributed by atoms with Crippen molar-refractivity contribution in [1.82, 2.24) is 19.7 Å². The van der Waals surface area contributed by atoms with Crippen molar-refractivity contribution in [2.24, 2.45) is 5.41 Å². The van der Waals surface area contributed by atoms with Crippen molar-refractivity contribution in [3.63, 3.8) is 0 Å². The van der Waals surface area contributed by atoms with E-state index < -0.39 is 6.43 Å². The third kappa shape index (κ3) is 3.86. The molecule has 0 saturated heterocycles. The van der Waals surface area contributed by atoms with Crippen molar-refractivity contribution < 1.29 is 13.6 Å². The minimum absolute atomic E-state index is 0.146. The summed E-state index contributed by atoms with van der Waals surface area (Å²) >= 11 is 0. The monoisotopic (exact) mass is 372 g/mol. The Balaban J connectivity index is 2.33. The van der Waals surface area contributed by atoms with Crippen molar-refractivity contribution >= 4 is 16.7 Å². The van der Waals surface area contributed by atoms with Gasteiger partial charge < -0.3 is 0 Å². The third-order valence-corrected chi connectivity index (χ3v) is 4.18. The molecule has 0 aliphatic carbocycles. The lowest BCUT2D eigenvalue weighted by atomic mass is 9.96. The van der Waals surface area contributed by atoms with Gasteiger partial charge in [-0.2, -0.15) is 5.10 Å². The first-order valence-corrected chi connectivity index (χ1v) is 8.69. The number of carbonyl (C=O) groups excluding carboxylic acids is 1. The summed E-state index contributed by atoms with van der Waals surface area (Å²) in [7, 11) is 0. The van der Waals surface area contributed by atoms with Crippen molar-refractivity contribution in [3.05, 3.63) is 41.6 Å². The second-order valence-corrected chi connectivity index (χ2v) is 7.90. The lowest BCUT2D eigenvalue weighted by molar-refractivity contribution is 0.101. The molecule has 2 aromatic heterocycles. The molecule has 0 saturated carbocycles. The Labute approximate surface area is 156 Å². The molecule has 0 unspecified atom stereocenters. The molecule has 0 aliphatic rings. The molecule has 0 radical (unpaired) electrons. The van der Waals surface area contributed by atoms with E-state index in [-0.39, 0.29) is 22.5 Å². The molecule has 27 heavy (non-hydrogen) atoms. The molecule has 0 bridgehead atoms. The highest BCUT2D eigenvalue weighted by Gasteiger charge is 2.25. The zero-order valence-corrected chi connectivity index (χ0v) is 16.0. The van der Waals surface area contributed by atoms with Gasteiger partial charge in [0.05, 0.1) is 5.52 Å². The van der Waals surface area contributed by atoms with Crippen molar-refractivity contribution in [1.29, 1.82) is 0 Å². The summed E-state index contributed by atoms with van der Waals surface area (Å²) in [6, 6.07) is 3.16. The molecule has 0 spiro atoms. The van der Waals surface area contributed by atoms with Crippen LogP contribution in [-0.4, -0.2) is 25.5 Å². The van der Waals surface area contributed by atoms with Crippen LogP contribution in [0.4, 0.5) is 8.78 Å². The fourth-order valence-corrected chi connectivity index (χ4v) is 3.05. The Morgan fingerprint density at radius 3 is 2.30 bits per heavy atom. The third-order valence-electron chi connectivity index (χ3n) is 4.18. The van der Waals surface area contributed by atoms with Gasteiger partial charge in [-0.1, -0.05) is 20.8 Å². The Hall–Kier alpha value is -2.70. The molecule has 7 heteroatoms. The van der Waals surface area contributed by atoms with Gasteiger partial charge in [0.1, 0.15) is 11.5 Å². The van der Waals surface area contributed by atoms with E-state index in [1.165, 1.54) is 17.7 Å². The highest BCUT2D eigenvalue weighted by Crippen LogP contribution is 2.35. The number of halogens is 2. The topological polar surface area (TPSA) is 60.7 Å². The molecule has 0 N–H and O–H groups in total. The maximum atomic E-state index is 13.9. The first-order chi connectivity index (χ1) is 12.6. The standard InChI is InChI=1S/C20H22F2N4O/c1-11(27)17-15-6-13(14-8-23-12(2)24-9-14)7-16(19(21)22)18(15)26(25-17)10-20(3,4)5/h6-9,19H,10H2,1-5H3. The summed E-state index contributed by atoms with van der Waals surface area (Å²) in [6.07, 6.45) is 0.478. The number of alkyl halides is 2. The van der Waals surface area contributed by atoms with Gasteiger partial charge >= 0.3 is 0 Å². The average Bonchev–Trinajstić information content (AvgIpc) is 2.91. The van der Waals surface area contributed by atoms with Gasteiger partial charge in [0.2, 0.25) is 0 Å².